The van der Waals surface area contributed by atoms with Crippen molar-refractivity contribution in [1.82, 2.24) is 19.9 Å². The van der Waals surface area contributed by atoms with Crippen LogP contribution in [0.2, 0.25) is 0 Å². The zero-order valence-corrected chi connectivity index (χ0v) is 18.2. The maximum atomic E-state index is 12.4. The number of H-pyrrole nitrogens is 1. The molecule has 1 fully saturated rings. The number of fused-ring (bicyclic) bond motifs is 2. The topological polar surface area (TPSA) is 88.9 Å². The van der Waals surface area contributed by atoms with Crippen LogP contribution < -0.4 is 10.5 Å². The molecule has 0 amide bonds. The van der Waals surface area contributed by atoms with E-state index in [9.17, 15) is 10.1 Å². The largest absolute Gasteiger partial charge is 0.367 e. The van der Waals surface area contributed by atoms with Gasteiger partial charge >= 0.3 is 0 Å². The molecule has 0 unspecified atom stereocenters. The van der Waals surface area contributed by atoms with Crippen LogP contribution in [0.15, 0.2) is 47.4 Å². The van der Waals surface area contributed by atoms with Gasteiger partial charge in [0.1, 0.15) is 11.9 Å². The molecule has 32 heavy (non-hydrogen) atoms. The number of aryl methyl sites for hydroxylation is 2. The van der Waals surface area contributed by atoms with E-state index < -0.39 is 0 Å². The van der Waals surface area contributed by atoms with E-state index in [2.05, 4.69) is 56.8 Å². The summed E-state index contributed by atoms with van der Waals surface area (Å²) >= 11 is 0. The lowest BCUT2D eigenvalue weighted by Gasteiger charge is -2.36. The number of nitrogens with one attached hydrogen (secondary N) is 1. The Labute approximate surface area is 185 Å². The van der Waals surface area contributed by atoms with Gasteiger partial charge in [0, 0.05) is 37.8 Å². The van der Waals surface area contributed by atoms with E-state index >= 15 is 0 Å². The Hall–Kier alpha value is -3.76. The first kappa shape index (κ1) is 20.2. The summed E-state index contributed by atoms with van der Waals surface area (Å²) in [7, 11) is 0. The van der Waals surface area contributed by atoms with E-state index in [4.69, 9.17) is 0 Å². The zero-order chi connectivity index (χ0) is 22.2. The highest BCUT2D eigenvalue weighted by molar-refractivity contribution is 5.96. The van der Waals surface area contributed by atoms with Gasteiger partial charge in [-0.05, 0) is 37.6 Å². The van der Waals surface area contributed by atoms with Gasteiger partial charge in [-0.1, -0.05) is 23.8 Å². The third-order valence-electron chi connectivity index (χ3n) is 6.12. The van der Waals surface area contributed by atoms with Gasteiger partial charge in [-0.25, -0.2) is 4.98 Å². The Bertz CT molecular complexity index is 1430. The van der Waals surface area contributed by atoms with Crippen molar-refractivity contribution in [3.63, 3.8) is 0 Å². The van der Waals surface area contributed by atoms with Gasteiger partial charge in [0.2, 0.25) is 0 Å². The molecule has 7 nitrogen and oxygen atoms in total. The fraction of sp³-hybridized carbons (Fsp3) is 0.280. The standard InChI is InChI=1S/C25H24N6O/c1-16-11-17(2)23-20(12-16)24(18(13-26)14-27-23)31-9-7-30(8-10-31)15-22-28-21-6-4-3-5-19(21)25(32)29-22/h3-6,11-12,14H,7-10,15H2,1-2H3,(H,28,29,32). The first-order valence-corrected chi connectivity index (χ1v) is 10.8. The third kappa shape index (κ3) is 3.59. The Balaban J connectivity index is 1.39. The first-order chi connectivity index (χ1) is 15.5. The lowest BCUT2D eigenvalue weighted by atomic mass is 10.0. The molecule has 4 aromatic rings. The maximum absolute atomic E-state index is 12.4. The Morgan fingerprint density at radius 2 is 1.88 bits per heavy atom. The van der Waals surface area contributed by atoms with E-state index in [0.29, 0.717) is 23.3 Å². The molecule has 2 aromatic heterocycles. The highest BCUT2D eigenvalue weighted by Crippen LogP contribution is 2.32. The van der Waals surface area contributed by atoms with Crippen molar-refractivity contribution in [1.29, 1.82) is 5.26 Å². The number of benzene rings is 2. The van der Waals surface area contributed by atoms with E-state index in [1.807, 2.05) is 18.2 Å². The van der Waals surface area contributed by atoms with Crippen LogP contribution in [0.1, 0.15) is 22.5 Å². The number of rotatable bonds is 3. The van der Waals surface area contributed by atoms with Crippen LogP contribution in [-0.2, 0) is 6.54 Å². The lowest BCUT2D eigenvalue weighted by Crippen LogP contribution is -2.46. The van der Waals surface area contributed by atoms with Gasteiger partial charge < -0.3 is 9.88 Å². The molecule has 0 saturated carbocycles. The van der Waals surface area contributed by atoms with Crippen LogP contribution in [0.5, 0.6) is 0 Å². The second kappa shape index (κ2) is 8.06. The molecular formula is C25H24N6O. The van der Waals surface area contributed by atoms with Gasteiger partial charge in [0.05, 0.1) is 34.2 Å². The van der Waals surface area contributed by atoms with Gasteiger partial charge in [0.25, 0.3) is 5.56 Å². The van der Waals surface area contributed by atoms with Crippen molar-refractivity contribution in [2.24, 2.45) is 0 Å². The van der Waals surface area contributed by atoms with Crippen molar-refractivity contribution in [3.8, 4) is 6.07 Å². The van der Waals surface area contributed by atoms with Gasteiger partial charge in [-0.2, -0.15) is 5.26 Å². The zero-order valence-electron chi connectivity index (χ0n) is 18.2. The summed E-state index contributed by atoms with van der Waals surface area (Å²) in [4.78, 5) is 29.0. The summed E-state index contributed by atoms with van der Waals surface area (Å²) in [5.74, 6) is 0.681. The summed E-state index contributed by atoms with van der Waals surface area (Å²) in [5, 5.41) is 11.4. The highest BCUT2D eigenvalue weighted by atomic mass is 16.1. The molecule has 2 aromatic carbocycles. The molecule has 3 heterocycles. The number of nitrogens with zero attached hydrogens (tertiary/aromatic N) is 5. The summed E-state index contributed by atoms with van der Waals surface area (Å²) in [6.07, 6.45) is 1.69. The number of hydrogen-bond donors (Lipinski definition) is 1. The Morgan fingerprint density at radius 3 is 2.66 bits per heavy atom. The minimum absolute atomic E-state index is 0.100. The average Bonchev–Trinajstić information content (AvgIpc) is 2.79. The van der Waals surface area contributed by atoms with Gasteiger partial charge in [-0.3, -0.25) is 14.7 Å². The molecule has 1 N–H and O–H groups in total. The first-order valence-electron chi connectivity index (χ1n) is 10.8. The minimum atomic E-state index is -0.100. The monoisotopic (exact) mass is 424 g/mol. The van der Waals surface area contributed by atoms with Crippen molar-refractivity contribution in [2.45, 2.75) is 20.4 Å². The van der Waals surface area contributed by atoms with Crippen LogP contribution >= 0.6 is 0 Å². The third-order valence-corrected chi connectivity index (χ3v) is 6.12. The smallest absolute Gasteiger partial charge is 0.258 e. The summed E-state index contributed by atoms with van der Waals surface area (Å²) < 4.78 is 0. The highest BCUT2D eigenvalue weighted by Gasteiger charge is 2.23. The van der Waals surface area contributed by atoms with Crippen molar-refractivity contribution < 1.29 is 0 Å². The van der Waals surface area contributed by atoms with Crippen LogP contribution in [0, 0.1) is 25.2 Å². The number of hydrogen-bond acceptors (Lipinski definition) is 6. The molecular weight excluding hydrogens is 400 g/mol. The van der Waals surface area contributed by atoms with Crippen molar-refractivity contribution >= 4 is 27.5 Å². The molecule has 0 atom stereocenters. The van der Waals surface area contributed by atoms with E-state index in [-0.39, 0.29) is 5.56 Å². The quantitative estimate of drug-likeness (QED) is 0.543. The number of anilines is 1. The van der Waals surface area contributed by atoms with Crippen LogP contribution in [-0.4, -0.2) is 46.0 Å². The molecule has 0 spiro atoms. The maximum Gasteiger partial charge on any atom is 0.258 e. The number of nitriles is 1. The summed E-state index contributed by atoms with van der Waals surface area (Å²) in [6, 6.07) is 14.0. The fourth-order valence-corrected chi connectivity index (χ4v) is 4.62. The second-order valence-electron chi connectivity index (χ2n) is 8.40. The predicted octanol–water partition coefficient (Wildman–Crippen LogP) is 3.28. The average molecular weight is 425 g/mol. The van der Waals surface area contributed by atoms with E-state index in [1.165, 1.54) is 0 Å². The summed E-state index contributed by atoms with van der Waals surface area (Å²) in [6.45, 7) is 7.94. The molecule has 0 aliphatic carbocycles. The van der Waals surface area contributed by atoms with Crippen molar-refractivity contribution in [3.05, 3.63) is 75.5 Å². The van der Waals surface area contributed by atoms with E-state index in [1.54, 1.807) is 12.3 Å². The molecule has 0 bridgehead atoms. The predicted molar refractivity (Wildman–Crippen MR) is 126 cm³/mol. The molecule has 1 saturated heterocycles. The Morgan fingerprint density at radius 1 is 1.09 bits per heavy atom. The van der Waals surface area contributed by atoms with E-state index in [0.717, 1.165) is 59.4 Å². The Kier molecular flexibility index (Phi) is 5.08. The van der Waals surface area contributed by atoms with Gasteiger partial charge in [-0.15, -0.1) is 0 Å². The molecule has 1 aliphatic heterocycles. The number of piperazine rings is 1. The number of aromatic amines is 1. The van der Waals surface area contributed by atoms with Crippen molar-refractivity contribution in [2.75, 3.05) is 31.1 Å². The van der Waals surface area contributed by atoms with Crippen LogP contribution in [0.25, 0.3) is 21.8 Å². The molecule has 160 valence electrons. The number of para-hydroxylation sites is 1. The molecule has 7 heteroatoms. The van der Waals surface area contributed by atoms with Crippen LogP contribution in [0.4, 0.5) is 5.69 Å². The number of pyridine rings is 1. The normalized spacial score (nSPS) is 14.7. The van der Waals surface area contributed by atoms with Gasteiger partial charge in [0.15, 0.2) is 0 Å². The molecule has 0 radical (unpaired) electrons. The lowest BCUT2D eigenvalue weighted by molar-refractivity contribution is 0.244. The second-order valence-corrected chi connectivity index (χ2v) is 8.40. The minimum Gasteiger partial charge on any atom is -0.367 e. The molecule has 5 rings (SSSR count). The van der Waals surface area contributed by atoms with Crippen LogP contribution in [0.3, 0.4) is 0 Å². The molecule has 1 aliphatic rings. The number of aromatic nitrogens is 3. The SMILES string of the molecule is Cc1cc(C)c2ncc(C#N)c(N3CCN(Cc4nc5ccccc5c(=O)[nH]4)CC3)c2c1. The fourth-order valence-electron chi connectivity index (χ4n) is 4.62. The summed E-state index contributed by atoms with van der Waals surface area (Å²) in [5.41, 5.74) is 5.44.